The van der Waals surface area contributed by atoms with Crippen molar-refractivity contribution in [1.82, 2.24) is 10.2 Å². The van der Waals surface area contributed by atoms with Gasteiger partial charge in [0.2, 0.25) is 5.91 Å². The molecule has 0 saturated carbocycles. The Bertz CT molecular complexity index is 618. The lowest BCUT2D eigenvalue weighted by Crippen LogP contribution is -2.44. The van der Waals surface area contributed by atoms with Crippen molar-refractivity contribution in [3.05, 3.63) is 30.3 Å². The van der Waals surface area contributed by atoms with E-state index in [1.807, 2.05) is 6.07 Å². The van der Waals surface area contributed by atoms with Gasteiger partial charge in [-0.3, -0.25) is 14.5 Å². The fourth-order valence-corrected chi connectivity index (χ4v) is 3.01. The maximum atomic E-state index is 12.6. The van der Waals surface area contributed by atoms with Crippen LogP contribution in [0.2, 0.25) is 0 Å². The second-order valence-electron chi connectivity index (χ2n) is 6.73. The summed E-state index contributed by atoms with van der Waals surface area (Å²) < 4.78 is 0. The van der Waals surface area contributed by atoms with Gasteiger partial charge in [-0.2, -0.15) is 0 Å². The molecule has 6 nitrogen and oxygen atoms in total. The number of para-hydroxylation sites is 1. The van der Waals surface area contributed by atoms with E-state index < -0.39 is 11.6 Å². The number of rotatable bonds is 9. The summed E-state index contributed by atoms with van der Waals surface area (Å²) >= 11 is 0. The first kappa shape index (κ1) is 19.0. The minimum absolute atomic E-state index is 0.273. The molecule has 1 aliphatic heterocycles. The van der Waals surface area contributed by atoms with Gasteiger partial charge < -0.3 is 10.6 Å². The van der Waals surface area contributed by atoms with Gasteiger partial charge in [0.1, 0.15) is 12.1 Å². The molecular weight excluding hydrogens is 318 g/mol. The van der Waals surface area contributed by atoms with E-state index in [4.69, 9.17) is 0 Å². The number of nitrogens with one attached hydrogen (secondary N) is 2. The number of carbonyl (C=O) groups excluding carboxylic acids is 3. The Kier molecular flexibility index (Phi) is 6.56. The second-order valence-corrected chi connectivity index (χ2v) is 6.73. The maximum absolute atomic E-state index is 12.6. The van der Waals surface area contributed by atoms with E-state index in [-0.39, 0.29) is 18.4 Å². The summed E-state index contributed by atoms with van der Waals surface area (Å²) in [6.45, 7) is 3.62. The molecule has 1 saturated heterocycles. The first-order valence-corrected chi connectivity index (χ1v) is 8.95. The lowest BCUT2D eigenvalue weighted by Gasteiger charge is -2.21. The molecule has 1 aliphatic rings. The molecule has 1 unspecified atom stereocenters. The van der Waals surface area contributed by atoms with E-state index in [1.54, 1.807) is 31.2 Å². The van der Waals surface area contributed by atoms with Gasteiger partial charge in [0, 0.05) is 5.69 Å². The highest BCUT2D eigenvalue weighted by molar-refractivity contribution is 6.09. The van der Waals surface area contributed by atoms with Crippen molar-refractivity contribution in [2.24, 2.45) is 0 Å². The van der Waals surface area contributed by atoms with Crippen LogP contribution in [0.4, 0.5) is 10.5 Å². The number of imide groups is 1. The number of carbonyl (C=O) groups is 3. The minimum atomic E-state index is -0.906. The first-order chi connectivity index (χ1) is 12.0. The highest BCUT2D eigenvalue weighted by atomic mass is 16.2. The van der Waals surface area contributed by atoms with E-state index >= 15 is 0 Å². The summed E-state index contributed by atoms with van der Waals surface area (Å²) in [5.41, 5.74) is -0.269. The fourth-order valence-electron chi connectivity index (χ4n) is 3.01. The predicted molar refractivity (Wildman–Crippen MR) is 97.1 cm³/mol. The largest absolute Gasteiger partial charge is 0.325 e. The number of hydrogen-bond donors (Lipinski definition) is 2. The Balaban J connectivity index is 1.88. The van der Waals surface area contributed by atoms with E-state index in [2.05, 4.69) is 17.6 Å². The monoisotopic (exact) mass is 345 g/mol. The highest BCUT2D eigenvalue weighted by Gasteiger charge is 2.47. The predicted octanol–water partition coefficient (Wildman–Crippen LogP) is 3.30. The van der Waals surface area contributed by atoms with Gasteiger partial charge in [0.25, 0.3) is 5.91 Å². The van der Waals surface area contributed by atoms with Crippen molar-refractivity contribution >= 4 is 23.5 Å². The van der Waals surface area contributed by atoms with Crippen LogP contribution in [0.3, 0.4) is 0 Å². The number of benzene rings is 1. The Morgan fingerprint density at radius 3 is 2.48 bits per heavy atom. The lowest BCUT2D eigenvalue weighted by molar-refractivity contribution is -0.133. The SMILES string of the molecule is CCCCCCCC1(C)NC(=O)N(CC(=O)Nc2ccccc2)C1=O. The maximum Gasteiger partial charge on any atom is 0.325 e. The van der Waals surface area contributed by atoms with Crippen molar-refractivity contribution in [1.29, 1.82) is 0 Å². The zero-order valence-electron chi connectivity index (χ0n) is 15.0. The van der Waals surface area contributed by atoms with E-state index in [1.165, 1.54) is 6.42 Å². The quantitative estimate of drug-likeness (QED) is 0.532. The number of hydrogen-bond acceptors (Lipinski definition) is 3. The average molecular weight is 345 g/mol. The molecule has 1 fully saturated rings. The molecular formula is C19H27N3O3. The number of anilines is 1. The Labute approximate surface area is 149 Å². The zero-order chi connectivity index (χ0) is 18.3. The Morgan fingerprint density at radius 2 is 1.80 bits per heavy atom. The molecule has 136 valence electrons. The molecule has 0 aliphatic carbocycles. The van der Waals surface area contributed by atoms with Crippen LogP contribution in [-0.4, -0.2) is 34.8 Å². The average Bonchev–Trinajstić information content (AvgIpc) is 2.79. The molecule has 2 N–H and O–H groups in total. The van der Waals surface area contributed by atoms with Crippen LogP contribution in [0, 0.1) is 0 Å². The van der Waals surface area contributed by atoms with Crippen LogP contribution in [-0.2, 0) is 9.59 Å². The zero-order valence-corrected chi connectivity index (χ0v) is 15.0. The smallest absolute Gasteiger partial charge is 0.325 e. The van der Waals surface area contributed by atoms with E-state index in [9.17, 15) is 14.4 Å². The number of unbranched alkanes of at least 4 members (excludes halogenated alkanes) is 4. The molecule has 1 atom stereocenters. The molecule has 0 aromatic heterocycles. The molecule has 1 heterocycles. The van der Waals surface area contributed by atoms with Gasteiger partial charge in [0.15, 0.2) is 0 Å². The van der Waals surface area contributed by atoms with Crippen LogP contribution in [0.5, 0.6) is 0 Å². The normalized spacial score (nSPS) is 19.8. The molecule has 0 bridgehead atoms. The summed E-state index contributed by atoms with van der Waals surface area (Å²) in [5, 5.41) is 5.44. The highest BCUT2D eigenvalue weighted by Crippen LogP contribution is 2.24. The summed E-state index contributed by atoms with van der Waals surface area (Å²) in [5.74, 6) is -0.710. The van der Waals surface area contributed by atoms with Gasteiger partial charge in [-0.1, -0.05) is 57.2 Å². The van der Waals surface area contributed by atoms with Crippen LogP contribution >= 0.6 is 0 Å². The van der Waals surface area contributed by atoms with Gasteiger partial charge in [-0.15, -0.1) is 0 Å². The van der Waals surface area contributed by atoms with E-state index in [0.29, 0.717) is 12.1 Å². The van der Waals surface area contributed by atoms with Crippen molar-refractivity contribution in [2.45, 2.75) is 57.9 Å². The Hall–Kier alpha value is -2.37. The molecule has 6 heteroatoms. The van der Waals surface area contributed by atoms with Crippen molar-refractivity contribution < 1.29 is 14.4 Å². The standard InChI is InChI=1S/C19H27N3O3/c1-3-4-5-6-10-13-19(2)17(24)22(18(25)21-19)14-16(23)20-15-11-8-7-9-12-15/h7-9,11-12H,3-6,10,13-14H2,1-2H3,(H,20,23)(H,21,25). The summed E-state index contributed by atoms with van der Waals surface area (Å²) in [7, 11) is 0. The lowest BCUT2D eigenvalue weighted by atomic mass is 9.94. The Morgan fingerprint density at radius 1 is 1.12 bits per heavy atom. The molecule has 25 heavy (non-hydrogen) atoms. The number of urea groups is 1. The van der Waals surface area contributed by atoms with Crippen molar-refractivity contribution in [3.8, 4) is 0 Å². The first-order valence-electron chi connectivity index (χ1n) is 8.95. The topological polar surface area (TPSA) is 78.5 Å². The summed E-state index contributed by atoms with van der Waals surface area (Å²) in [6.07, 6.45) is 6.00. The van der Waals surface area contributed by atoms with Gasteiger partial charge in [0.05, 0.1) is 0 Å². The molecule has 2 rings (SSSR count). The van der Waals surface area contributed by atoms with E-state index in [0.717, 1.165) is 30.6 Å². The second kappa shape index (κ2) is 8.65. The third kappa shape index (κ3) is 5.05. The van der Waals surface area contributed by atoms with Crippen LogP contribution in [0.25, 0.3) is 0 Å². The fraction of sp³-hybridized carbons (Fsp3) is 0.526. The number of amides is 4. The summed E-state index contributed by atoms with van der Waals surface area (Å²) in [4.78, 5) is 37.9. The van der Waals surface area contributed by atoms with Crippen LogP contribution in [0.15, 0.2) is 30.3 Å². The third-order valence-electron chi connectivity index (χ3n) is 4.48. The van der Waals surface area contributed by atoms with Gasteiger partial charge >= 0.3 is 6.03 Å². The number of nitrogens with zero attached hydrogens (tertiary/aromatic N) is 1. The molecule has 0 spiro atoms. The summed E-state index contributed by atoms with van der Waals surface area (Å²) in [6, 6.07) is 8.47. The van der Waals surface area contributed by atoms with Crippen molar-refractivity contribution in [2.75, 3.05) is 11.9 Å². The van der Waals surface area contributed by atoms with Crippen LogP contribution < -0.4 is 10.6 Å². The van der Waals surface area contributed by atoms with Gasteiger partial charge in [-0.25, -0.2) is 4.79 Å². The molecule has 4 amide bonds. The molecule has 0 radical (unpaired) electrons. The van der Waals surface area contributed by atoms with Crippen LogP contribution in [0.1, 0.15) is 52.4 Å². The van der Waals surface area contributed by atoms with Gasteiger partial charge in [-0.05, 0) is 25.5 Å². The molecule has 1 aromatic carbocycles. The minimum Gasteiger partial charge on any atom is -0.325 e. The van der Waals surface area contributed by atoms with Crippen molar-refractivity contribution in [3.63, 3.8) is 0 Å². The third-order valence-corrected chi connectivity index (χ3v) is 4.48. The molecule has 1 aromatic rings.